The van der Waals surface area contributed by atoms with Crippen LogP contribution in [0.1, 0.15) is 12.1 Å². The summed E-state index contributed by atoms with van der Waals surface area (Å²) in [6.45, 7) is 1.62. The van der Waals surface area contributed by atoms with Gasteiger partial charge in [0, 0.05) is 6.54 Å². The van der Waals surface area contributed by atoms with Crippen molar-refractivity contribution < 1.29 is 14.5 Å². The van der Waals surface area contributed by atoms with E-state index in [1.165, 1.54) is 14.0 Å². The molecule has 0 aliphatic heterocycles. The Morgan fingerprint density at radius 1 is 1.56 bits per heavy atom. The molecule has 0 aliphatic rings. The fourth-order valence-electron chi connectivity index (χ4n) is 1.32. The Balaban J connectivity index is 2.87. The number of nitrogens with zero attached hydrogens (tertiary/aromatic N) is 3. The average molecular weight is 255 g/mol. The number of aryl methyl sites for hydroxylation is 1. The van der Waals surface area contributed by atoms with Crippen LogP contribution in [0.15, 0.2) is 0 Å². The summed E-state index contributed by atoms with van der Waals surface area (Å²) in [5, 5.41) is 13.5. The van der Waals surface area contributed by atoms with Gasteiger partial charge in [-0.25, -0.2) is 4.98 Å². The lowest BCUT2D eigenvalue weighted by Gasteiger charge is -2.07. The van der Waals surface area contributed by atoms with Crippen LogP contribution in [0, 0.1) is 17.0 Å². The zero-order valence-electron chi connectivity index (χ0n) is 9.97. The van der Waals surface area contributed by atoms with E-state index in [4.69, 9.17) is 5.73 Å². The maximum atomic E-state index is 10.9. The molecule has 0 amide bonds. The molecule has 9 nitrogen and oxygen atoms in total. The van der Waals surface area contributed by atoms with Crippen molar-refractivity contribution in [2.45, 2.75) is 13.3 Å². The SMILES string of the molecule is COC(=O)CCNc1nc(N)nc(C)c1[N+](=O)[O-]. The van der Waals surface area contributed by atoms with E-state index in [1.807, 2.05) is 0 Å². The highest BCUT2D eigenvalue weighted by Gasteiger charge is 2.21. The highest BCUT2D eigenvalue weighted by Crippen LogP contribution is 2.25. The second-order valence-electron chi connectivity index (χ2n) is 3.37. The number of ether oxygens (including phenoxy) is 1. The molecule has 0 atom stereocenters. The van der Waals surface area contributed by atoms with Crippen LogP contribution in [0.4, 0.5) is 17.5 Å². The van der Waals surface area contributed by atoms with E-state index in [9.17, 15) is 14.9 Å². The molecule has 1 heterocycles. The van der Waals surface area contributed by atoms with Gasteiger partial charge in [0.1, 0.15) is 5.69 Å². The molecule has 0 unspecified atom stereocenters. The number of anilines is 2. The maximum absolute atomic E-state index is 10.9. The molecule has 1 aromatic heterocycles. The number of esters is 1. The summed E-state index contributed by atoms with van der Waals surface area (Å²) in [5.74, 6) is -0.503. The molecule has 3 N–H and O–H groups in total. The average Bonchev–Trinajstić information content (AvgIpc) is 2.27. The van der Waals surface area contributed by atoms with Crippen LogP contribution < -0.4 is 11.1 Å². The van der Waals surface area contributed by atoms with Gasteiger partial charge in [-0.3, -0.25) is 14.9 Å². The molecule has 9 heteroatoms. The molecule has 1 aromatic rings. The van der Waals surface area contributed by atoms with Gasteiger partial charge in [0.25, 0.3) is 0 Å². The second kappa shape index (κ2) is 5.75. The Morgan fingerprint density at radius 3 is 2.78 bits per heavy atom. The highest BCUT2D eigenvalue weighted by molar-refractivity contribution is 5.70. The molecule has 0 spiro atoms. The lowest BCUT2D eigenvalue weighted by atomic mass is 10.3. The number of nitrogens with one attached hydrogen (secondary N) is 1. The van der Waals surface area contributed by atoms with Crippen molar-refractivity contribution in [2.75, 3.05) is 24.7 Å². The predicted molar refractivity (Wildman–Crippen MR) is 63.0 cm³/mol. The zero-order chi connectivity index (χ0) is 13.7. The Hall–Kier alpha value is -2.45. The van der Waals surface area contributed by atoms with Gasteiger partial charge in [0.05, 0.1) is 18.5 Å². The lowest BCUT2D eigenvalue weighted by molar-refractivity contribution is -0.385. The molecule has 0 bridgehead atoms. The van der Waals surface area contributed by atoms with Gasteiger partial charge in [-0.05, 0) is 6.92 Å². The number of hydrogen-bond donors (Lipinski definition) is 2. The van der Waals surface area contributed by atoms with E-state index < -0.39 is 10.9 Å². The summed E-state index contributed by atoms with van der Waals surface area (Å²) in [6, 6.07) is 0. The van der Waals surface area contributed by atoms with E-state index in [0.29, 0.717) is 0 Å². The number of nitro groups is 1. The first-order chi connectivity index (χ1) is 8.45. The van der Waals surface area contributed by atoms with E-state index in [1.54, 1.807) is 0 Å². The monoisotopic (exact) mass is 255 g/mol. The first-order valence-corrected chi connectivity index (χ1v) is 5.05. The third-order valence-electron chi connectivity index (χ3n) is 2.11. The number of carbonyl (C=O) groups excluding carboxylic acids is 1. The quantitative estimate of drug-likeness (QED) is 0.434. The number of rotatable bonds is 5. The second-order valence-corrected chi connectivity index (χ2v) is 3.37. The summed E-state index contributed by atoms with van der Waals surface area (Å²) in [6.07, 6.45) is 0.0661. The van der Waals surface area contributed by atoms with Crippen molar-refractivity contribution in [1.29, 1.82) is 0 Å². The van der Waals surface area contributed by atoms with Crippen molar-refractivity contribution in [3.8, 4) is 0 Å². The first-order valence-electron chi connectivity index (χ1n) is 5.05. The zero-order valence-corrected chi connectivity index (χ0v) is 9.97. The van der Waals surface area contributed by atoms with Crippen LogP contribution in [-0.4, -0.2) is 34.5 Å². The summed E-state index contributed by atoms with van der Waals surface area (Å²) < 4.78 is 4.44. The molecule has 0 fully saturated rings. The molecule has 0 saturated heterocycles. The molecule has 0 aromatic carbocycles. The molecule has 0 radical (unpaired) electrons. The first kappa shape index (κ1) is 13.6. The number of nitrogen functional groups attached to an aromatic ring is 1. The lowest BCUT2D eigenvalue weighted by Crippen LogP contribution is -2.13. The smallest absolute Gasteiger partial charge is 0.332 e. The predicted octanol–water partition coefficient (Wildman–Crippen LogP) is 0.250. The number of nitrogens with two attached hydrogens (primary N) is 1. The third kappa shape index (κ3) is 3.27. The summed E-state index contributed by atoms with van der Waals surface area (Å²) in [7, 11) is 1.26. The summed E-state index contributed by atoms with van der Waals surface area (Å²) in [5.41, 5.74) is 5.31. The molecular formula is C9H13N5O4. The molecule has 18 heavy (non-hydrogen) atoms. The van der Waals surface area contributed by atoms with E-state index >= 15 is 0 Å². The highest BCUT2D eigenvalue weighted by atomic mass is 16.6. The van der Waals surface area contributed by atoms with E-state index in [0.717, 1.165) is 0 Å². The van der Waals surface area contributed by atoms with Crippen LogP contribution in [0.2, 0.25) is 0 Å². The summed E-state index contributed by atoms with van der Waals surface area (Å²) >= 11 is 0. The maximum Gasteiger partial charge on any atom is 0.332 e. The summed E-state index contributed by atoms with van der Waals surface area (Å²) in [4.78, 5) is 28.6. The molecule has 0 aliphatic carbocycles. The van der Waals surface area contributed by atoms with Gasteiger partial charge in [0.2, 0.25) is 11.8 Å². The van der Waals surface area contributed by atoms with Crippen LogP contribution in [-0.2, 0) is 9.53 Å². The van der Waals surface area contributed by atoms with Crippen molar-refractivity contribution in [3.63, 3.8) is 0 Å². The minimum Gasteiger partial charge on any atom is -0.469 e. The Bertz CT molecular complexity index is 476. The van der Waals surface area contributed by atoms with E-state index in [2.05, 4.69) is 20.0 Å². The number of carbonyl (C=O) groups is 1. The van der Waals surface area contributed by atoms with Crippen molar-refractivity contribution in [3.05, 3.63) is 15.8 Å². The van der Waals surface area contributed by atoms with Crippen LogP contribution in [0.25, 0.3) is 0 Å². The van der Waals surface area contributed by atoms with Crippen molar-refractivity contribution >= 4 is 23.4 Å². The van der Waals surface area contributed by atoms with Crippen LogP contribution in [0.5, 0.6) is 0 Å². The number of hydrogen-bond acceptors (Lipinski definition) is 8. The minimum atomic E-state index is -0.602. The molecular weight excluding hydrogens is 242 g/mol. The van der Waals surface area contributed by atoms with Gasteiger partial charge in [-0.15, -0.1) is 0 Å². The van der Waals surface area contributed by atoms with Crippen molar-refractivity contribution in [2.24, 2.45) is 0 Å². The molecule has 1 rings (SSSR count). The van der Waals surface area contributed by atoms with Gasteiger partial charge < -0.3 is 15.8 Å². The Labute approximate surface area is 103 Å². The van der Waals surface area contributed by atoms with Crippen LogP contribution >= 0.6 is 0 Å². The minimum absolute atomic E-state index is 0.00565. The van der Waals surface area contributed by atoms with Crippen LogP contribution in [0.3, 0.4) is 0 Å². The van der Waals surface area contributed by atoms with Gasteiger partial charge in [-0.2, -0.15) is 4.98 Å². The van der Waals surface area contributed by atoms with Gasteiger partial charge >= 0.3 is 11.7 Å². The third-order valence-corrected chi connectivity index (χ3v) is 2.11. The molecule has 0 saturated carbocycles. The fourth-order valence-corrected chi connectivity index (χ4v) is 1.32. The number of methoxy groups -OCH3 is 1. The fraction of sp³-hybridized carbons (Fsp3) is 0.444. The topological polar surface area (TPSA) is 133 Å². The standard InChI is InChI=1S/C9H13N5O4/c1-5-7(14(16)17)8(13-9(10)12-5)11-4-3-6(15)18-2/h3-4H2,1-2H3,(H3,10,11,12,13). The van der Waals surface area contributed by atoms with Gasteiger partial charge in [-0.1, -0.05) is 0 Å². The Kier molecular flexibility index (Phi) is 4.35. The normalized spacial score (nSPS) is 9.89. The number of aromatic nitrogens is 2. The molecule has 98 valence electrons. The Morgan fingerprint density at radius 2 is 2.22 bits per heavy atom. The van der Waals surface area contributed by atoms with E-state index in [-0.39, 0.29) is 36.1 Å². The largest absolute Gasteiger partial charge is 0.469 e. The van der Waals surface area contributed by atoms with Gasteiger partial charge in [0.15, 0.2) is 0 Å². The van der Waals surface area contributed by atoms with Crippen molar-refractivity contribution in [1.82, 2.24) is 9.97 Å².